The highest BCUT2D eigenvalue weighted by Gasteiger charge is 2.23. The lowest BCUT2D eigenvalue weighted by Crippen LogP contribution is -2.23. The molecule has 1 fully saturated rings. The minimum Gasteiger partial charge on any atom is -0.490 e. The van der Waals surface area contributed by atoms with Crippen LogP contribution in [0.15, 0.2) is 24.3 Å². The van der Waals surface area contributed by atoms with E-state index in [1.807, 2.05) is 0 Å². The number of hydrogen-bond donors (Lipinski definition) is 1. The van der Waals surface area contributed by atoms with Crippen molar-refractivity contribution in [3.05, 3.63) is 29.8 Å². The lowest BCUT2D eigenvalue weighted by atomic mass is 10.0. The molecule has 0 aromatic heterocycles. The summed E-state index contributed by atoms with van der Waals surface area (Å²) in [4.78, 5) is 0. The zero-order chi connectivity index (χ0) is 13.5. The predicted molar refractivity (Wildman–Crippen MR) is 77.6 cm³/mol. The summed E-state index contributed by atoms with van der Waals surface area (Å²) in [6.07, 6.45) is 5.02. The zero-order valence-corrected chi connectivity index (χ0v) is 12.0. The fourth-order valence-corrected chi connectivity index (χ4v) is 2.10. The molecule has 1 unspecified atom stereocenters. The van der Waals surface area contributed by atoms with Gasteiger partial charge in [0.05, 0.1) is 6.10 Å². The topological polar surface area (TPSA) is 30.5 Å². The Kier molecular flexibility index (Phi) is 5.67. The second-order valence-electron chi connectivity index (χ2n) is 5.17. The molecule has 2 rings (SSSR count). The monoisotopic (exact) mass is 263 g/mol. The highest BCUT2D eigenvalue weighted by Crippen LogP contribution is 2.28. The Morgan fingerprint density at radius 2 is 2.00 bits per heavy atom. The van der Waals surface area contributed by atoms with Gasteiger partial charge in [0.25, 0.3) is 0 Å². The van der Waals surface area contributed by atoms with Gasteiger partial charge >= 0.3 is 0 Å². The molecule has 0 bridgehead atoms. The zero-order valence-electron chi connectivity index (χ0n) is 12.0. The van der Waals surface area contributed by atoms with E-state index < -0.39 is 0 Å². The van der Waals surface area contributed by atoms with Gasteiger partial charge in [0.2, 0.25) is 0 Å². The number of hydrogen-bond acceptors (Lipinski definition) is 3. The summed E-state index contributed by atoms with van der Waals surface area (Å²) in [6, 6.07) is 8.87. The number of benzene rings is 1. The second kappa shape index (κ2) is 7.51. The quantitative estimate of drug-likeness (QED) is 0.741. The normalized spacial score (nSPS) is 16.3. The average Bonchev–Trinajstić information content (AvgIpc) is 3.24. The molecule has 0 heterocycles. The van der Waals surface area contributed by atoms with Gasteiger partial charge in [-0.1, -0.05) is 19.1 Å². The van der Waals surface area contributed by atoms with Crippen molar-refractivity contribution in [1.29, 1.82) is 0 Å². The summed E-state index contributed by atoms with van der Waals surface area (Å²) in [5.74, 6) is 0.993. The molecule has 0 saturated heterocycles. The standard InChI is InChI=1S/C16H25NO2/c1-3-11-17-16(10-12-18-2)13-4-6-14(7-5-13)19-15-8-9-15/h4-7,15-17H,3,8-12H2,1-2H3. The van der Waals surface area contributed by atoms with Gasteiger partial charge in [-0.15, -0.1) is 0 Å². The SMILES string of the molecule is CCCNC(CCOC)c1ccc(OC2CC2)cc1. The van der Waals surface area contributed by atoms with Crippen LogP contribution in [0.1, 0.15) is 44.2 Å². The highest BCUT2D eigenvalue weighted by molar-refractivity contribution is 5.29. The molecule has 1 aliphatic carbocycles. The van der Waals surface area contributed by atoms with Crippen LogP contribution in [0, 0.1) is 0 Å². The first-order chi connectivity index (χ1) is 9.33. The lowest BCUT2D eigenvalue weighted by molar-refractivity contribution is 0.183. The van der Waals surface area contributed by atoms with Gasteiger partial charge in [-0.2, -0.15) is 0 Å². The molecule has 0 spiro atoms. The van der Waals surface area contributed by atoms with Gasteiger partial charge in [0.1, 0.15) is 5.75 Å². The Balaban J connectivity index is 1.93. The minimum atomic E-state index is 0.370. The van der Waals surface area contributed by atoms with Gasteiger partial charge in [0, 0.05) is 19.8 Å². The Bertz CT molecular complexity index is 352. The van der Waals surface area contributed by atoms with E-state index in [2.05, 4.69) is 36.5 Å². The molecule has 0 amide bonds. The molecule has 106 valence electrons. The highest BCUT2D eigenvalue weighted by atomic mass is 16.5. The van der Waals surface area contributed by atoms with Gasteiger partial charge in [-0.25, -0.2) is 0 Å². The first kappa shape index (κ1) is 14.4. The second-order valence-corrected chi connectivity index (χ2v) is 5.17. The summed E-state index contributed by atoms with van der Waals surface area (Å²) in [7, 11) is 1.75. The maximum absolute atomic E-state index is 5.78. The van der Waals surface area contributed by atoms with Crippen molar-refractivity contribution in [1.82, 2.24) is 5.32 Å². The number of nitrogens with one attached hydrogen (secondary N) is 1. The molecule has 3 heteroatoms. The van der Waals surface area contributed by atoms with Crippen LogP contribution in [0.4, 0.5) is 0 Å². The van der Waals surface area contributed by atoms with Crippen LogP contribution in [0.3, 0.4) is 0 Å². The third-order valence-electron chi connectivity index (χ3n) is 3.36. The Morgan fingerprint density at radius 1 is 1.26 bits per heavy atom. The lowest BCUT2D eigenvalue weighted by Gasteiger charge is -2.19. The summed E-state index contributed by atoms with van der Waals surface area (Å²) in [6.45, 7) is 4.00. The summed E-state index contributed by atoms with van der Waals surface area (Å²) < 4.78 is 11.0. The van der Waals surface area contributed by atoms with Crippen molar-refractivity contribution >= 4 is 0 Å². The Labute approximate surface area is 116 Å². The van der Waals surface area contributed by atoms with Gasteiger partial charge in [-0.05, 0) is 49.9 Å². The van der Waals surface area contributed by atoms with Crippen LogP contribution < -0.4 is 10.1 Å². The molecule has 19 heavy (non-hydrogen) atoms. The molecule has 1 aromatic carbocycles. The molecule has 0 radical (unpaired) electrons. The van der Waals surface area contributed by atoms with E-state index in [1.165, 1.54) is 18.4 Å². The summed E-state index contributed by atoms with van der Waals surface area (Å²) in [5.41, 5.74) is 1.31. The Morgan fingerprint density at radius 3 is 2.58 bits per heavy atom. The molecule has 3 nitrogen and oxygen atoms in total. The maximum atomic E-state index is 5.78. The van der Waals surface area contributed by atoms with E-state index in [0.717, 1.165) is 31.7 Å². The van der Waals surface area contributed by atoms with Crippen LogP contribution in [0.2, 0.25) is 0 Å². The van der Waals surface area contributed by atoms with Crippen molar-refractivity contribution in [2.45, 2.75) is 44.8 Å². The smallest absolute Gasteiger partial charge is 0.119 e. The van der Waals surface area contributed by atoms with Gasteiger partial charge in [0.15, 0.2) is 0 Å². The number of ether oxygens (including phenoxy) is 2. The van der Waals surface area contributed by atoms with Crippen LogP contribution in [-0.2, 0) is 4.74 Å². The minimum absolute atomic E-state index is 0.370. The van der Waals surface area contributed by atoms with Crippen LogP contribution >= 0.6 is 0 Å². The molecule has 1 N–H and O–H groups in total. The molecular formula is C16H25NO2. The van der Waals surface area contributed by atoms with E-state index >= 15 is 0 Å². The van der Waals surface area contributed by atoms with Crippen LogP contribution in [-0.4, -0.2) is 26.4 Å². The summed E-state index contributed by atoms with van der Waals surface area (Å²) >= 11 is 0. The van der Waals surface area contributed by atoms with Crippen LogP contribution in [0.5, 0.6) is 5.75 Å². The fraction of sp³-hybridized carbons (Fsp3) is 0.625. The first-order valence-corrected chi connectivity index (χ1v) is 7.32. The van der Waals surface area contributed by atoms with Crippen molar-refractivity contribution in [3.8, 4) is 5.75 Å². The van der Waals surface area contributed by atoms with Crippen LogP contribution in [0.25, 0.3) is 0 Å². The third kappa shape index (κ3) is 4.84. The first-order valence-electron chi connectivity index (χ1n) is 7.32. The maximum Gasteiger partial charge on any atom is 0.119 e. The molecular weight excluding hydrogens is 238 g/mol. The van der Waals surface area contributed by atoms with E-state index in [9.17, 15) is 0 Å². The molecule has 1 saturated carbocycles. The molecule has 1 atom stereocenters. The van der Waals surface area contributed by atoms with Crippen molar-refractivity contribution in [2.24, 2.45) is 0 Å². The van der Waals surface area contributed by atoms with E-state index in [1.54, 1.807) is 7.11 Å². The molecule has 1 aromatic rings. The Hall–Kier alpha value is -1.06. The van der Waals surface area contributed by atoms with E-state index in [-0.39, 0.29) is 0 Å². The third-order valence-corrected chi connectivity index (χ3v) is 3.36. The largest absolute Gasteiger partial charge is 0.490 e. The average molecular weight is 263 g/mol. The van der Waals surface area contributed by atoms with Crippen molar-refractivity contribution in [3.63, 3.8) is 0 Å². The number of rotatable bonds is 9. The van der Waals surface area contributed by atoms with Gasteiger partial charge < -0.3 is 14.8 Å². The number of methoxy groups -OCH3 is 1. The van der Waals surface area contributed by atoms with E-state index in [4.69, 9.17) is 9.47 Å². The fourth-order valence-electron chi connectivity index (χ4n) is 2.10. The predicted octanol–water partition coefficient (Wildman–Crippen LogP) is 3.31. The van der Waals surface area contributed by atoms with Crippen molar-refractivity contribution < 1.29 is 9.47 Å². The molecule has 1 aliphatic rings. The van der Waals surface area contributed by atoms with Gasteiger partial charge in [-0.3, -0.25) is 0 Å². The van der Waals surface area contributed by atoms with E-state index in [0.29, 0.717) is 12.1 Å². The van der Waals surface area contributed by atoms with Crippen molar-refractivity contribution in [2.75, 3.05) is 20.3 Å². The summed E-state index contributed by atoms with van der Waals surface area (Å²) in [5, 5.41) is 3.57. The molecule has 0 aliphatic heterocycles.